The van der Waals surface area contributed by atoms with Gasteiger partial charge in [0.15, 0.2) is 21.3 Å². The second-order valence-corrected chi connectivity index (χ2v) is 7.14. The minimum atomic E-state index is -3.55. The highest BCUT2D eigenvalue weighted by atomic mass is 32.2. The molecular formula is C16H16O6S. The van der Waals surface area contributed by atoms with Crippen LogP contribution in [0.4, 0.5) is 0 Å². The second kappa shape index (κ2) is 5.66. The second-order valence-electron chi connectivity index (χ2n) is 5.13. The van der Waals surface area contributed by atoms with Gasteiger partial charge in [0.05, 0.1) is 20.0 Å². The van der Waals surface area contributed by atoms with Gasteiger partial charge in [-0.05, 0) is 29.8 Å². The van der Waals surface area contributed by atoms with Gasteiger partial charge >= 0.3 is 0 Å². The maximum atomic E-state index is 12.4. The first-order valence-corrected chi connectivity index (χ1v) is 8.54. The van der Waals surface area contributed by atoms with Crippen LogP contribution in [0.25, 0.3) is 0 Å². The summed E-state index contributed by atoms with van der Waals surface area (Å²) >= 11 is 0. The van der Waals surface area contributed by atoms with E-state index in [2.05, 4.69) is 0 Å². The van der Waals surface area contributed by atoms with E-state index in [1.807, 2.05) is 0 Å². The molecule has 6 nitrogen and oxygen atoms in total. The van der Waals surface area contributed by atoms with Crippen LogP contribution in [0.5, 0.6) is 23.0 Å². The molecule has 1 unspecified atom stereocenters. The van der Waals surface area contributed by atoms with Gasteiger partial charge in [-0.15, -0.1) is 0 Å². The molecule has 0 saturated carbocycles. The average Bonchev–Trinajstić information content (AvgIpc) is 2.54. The molecule has 0 amide bonds. The predicted molar refractivity (Wildman–Crippen MR) is 83.1 cm³/mol. The Kier molecular flexibility index (Phi) is 3.81. The molecule has 0 aliphatic carbocycles. The molecule has 7 heteroatoms. The van der Waals surface area contributed by atoms with Crippen LogP contribution in [-0.4, -0.2) is 33.5 Å². The van der Waals surface area contributed by atoms with Crippen molar-refractivity contribution in [2.75, 3.05) is 20.0 Å². The summed E-state index contributed by atoms with van der Waals surface area (Å²) in [6, 6.07) is 9.20. The van der Waals surface area contributed by atoms with E-state index >= 15 is 0 Å². The molecule has 0 fully saturated rings. The number of hydrogen-bond donors (Lipinski definition) is 1. The number of phenolic OH excluding ortho intramolecular Hbond substituents is 1. The summed E-state index contributed by atoms with van der Waals surface area (Å²) in [6.07, 6.45) is -0.656. The van der Waals surface area contributed by atoms with Crippen LogP contribution >= 0.6 is 0 Å². The van der Waals surface area contributed by atoms with Crippen LogP contribution in [0, 0.1) is 0 Å². The van der Waals surface area contributed by atoms with Gasteiger partial charge in [-0.1, -0.05) is 6.07 Å². The molecule has 0 radical (unpaired) electrons. The first-order chi connectivity index (χ1) is 10.9. The molecule has 1 N–H and O–H groups in total. The van der Waals surface area contributed by atoms with Crippen molar-refractivity contribution in [1.29, 1.82) is 0 Å². The zero-order chi connectivity index (χ0) is 16.6. The van der Waals surface area contributed by atoms with Crippen molar-refractivity contribution in [2.45, 2.75) is 11.0 Å². The molecule has 2 aromatic carbocycles. The lowest BCUT2D eigenvalue weighted by Crippen LogP contribution is -2.25. The lowest BCUT2D eigenvalue weighted by Gasteiger charge is -2.26. The minimum Gasteiger partial charge on any atom is -0.508 e. The van der Waals surface area contributed by atoms with Gasteiger partial charge in [0, 0.05) is 6.07 Å². The van der Waals surface area contributed by atoms with Crippen molar-refractivity contribution in [3.8, 4) is 23.0 Å². The summed E-state index contributed by atoms with van der Waals surface area (Å²) in [4.78, 5) is 0.00854. The maximum Gasteiger partial charge on any atom is 0.186 e. The number of benzene rings is 2. The SMILES string of the molecule is COc1ccc(C2CS(=O)(=O)c3cc(O)ccc3O2)cc1OC. The third-order valence-electron chi connectivity index (χ3n) is 3.68. The van der Waals surface area contributed by atoms with Crippen molar-refractivity contribution < 1.29 is 27.7 Å². The zero-order valence-electron chi connectivity index (χ0n) is 12.6. The number of ether oxygens (including phenoxy) is 3. The molecule has 1 aliphatic rings. The van der Waals surface area contributed by atoms with E-state index in [0.717, 1.165) is 0 Å². The molecular weight excluding hydrogens is 320 g/mol. The van der Waals surface area contributed by atoms with Gasteiger partial charge in [0.2, 0.25) is 0 Å². The van der Waals surface area contributed by atoms with Gasteiger partial charge in [-0.25, -0.2) is 8.42 Å². The Hall–Kier alpha value is -2.41. The van der Waals surface area contributed by atoms with Crippen LogP contribution in [0.3, 0.4) is 0 Å². The first-order valence-electron chi connectivity index (χ1n) is 6.89. The largest absolute Gasteiger partial charge is 0.508 e. The van der Waals surface area contributed by atoms with E-state index < -0.39 is 15.9 Å². The molecule has 1 aliphatic heterocycles. The Balaban J connectivity index is 2.02. The molecule has 0 saturated heterocycles. The molecule has 0 aromatic heterocycles. The molecule has 0 bridgehead atoms. The van der Waals surface area contributed by atoms with Crippen LogP contribution in [0.1, 0.15) is 11.7 Å². The number of sulfone groups is 1. The molecule has 0 spiro atoms. The van der Waals surface area contributed by atoms with E-state index in [4.69, 9.17) is 14.2 Å². The summed E-state index contributed by atoms with van der Waals surface area (Å²) in [5.41, 5.74) is 0.671. The van der Waals surface area contributed by atoms with Crippen molar-refractivity contribution in [3.63, 3.8) is 0 Å². The van der Waals surface area contributed by atoms with Gasteiger partial charge in [0.25, 0.3) is 0 Å². The van der Waals surface area contributed by atoms with Crippen molar-refractivity contribution in [3.05, 3.63) is 42.0 Å². The quantitative estimate of drug-likeness (QED) is 0.926. The predicted octanol–water partition coefficient (Wildman–Crippen LogP) is 2.32. The molecule has 23 heavy (non-hydrogen) atoms. The number of rotatable bonds is 3. The van der Waals surface area contributed by atoms with Crippen molar-refractivity contribution in [2.24, 2.45) is 0 Å². The fourth-order valence-corrected chi connectivity index (χ4v) is 4.09. The summed E-state index contributed by atoms with van der Waals surface area (Å²) in [5.74, 6) is 0.968. The van der Waals surface area contributed by atoms with Gasteiger partial charge in [0.1, 0.15) is 22.5 Å². The number of aromatic hydroxyl groups is 1. The highest BCUT2D eigenvalue weighted by molar-refractivity contribution is 7.91. The zero-order valence-corrected chi connectivity index (χ0v) is 13.5. The normalized spacial score (nSPS) is 18.6. The van der Waals surface area contributed by atoms with Crippen LogP contribution in [0.2, 0.25) is 0 Å². The van der Waals surface area contributed by atoms with Crippen molar-refractivity contribution in [1.82, 2.24) is 0 Å². The summed E-state index contributed by atoms with van der Waals surface area (Å²) in [6.45, 7) is 0. The number of fused-ring (bicyclic) bond motifs is 1. The van der Waals surface area contributed by atoms with Crippen LogP contribution in [0.15, 0.2) is 41.3 Å². The third kappa shape index (κ3) is 2.79. The summed E-state index contributed by atoms with van der Waals surface area (Å²) < 4.78 is 41.1. The minimum absolute atomic E-state index is 0.00854. The lowest BCUT2D eigenvalue weighted by atomic mass is 10.1. The fraction of sp³-hybridized carbons (Fsp3) is 0.250. The Morgan fingerprint density at radius 1 is 1.09 bits per heavy atom. The Labute approximate surface area is 134 Å². The fourth-order valence-electron chi connectivity index (χ4n) is 2.53. The van der Waals surface area contributed by atoms with Gasteiger partial charge < -0.3 is 19.3 Å². The van der Waals surface area contributed by atoms with Crippen molar-refractivity contribution >= 4 is 9.84 Å². The number of phenols is 1. The standard InChI is InChI=1S/C16H16O6S/c1-20-12-5-3-10(7-14(12)21-2)15-9-23(18,19)16-8-11(17)4-6-13(16)22-15/h3-8,15,17H,9H2,1-2H3. The van der Waals surface area contributed by atoms with Crippen LogP contribution < -0.4 is 14.2 Å². The first kappa shape index (κ1) is 15.5. The molecule has 2 aromatic rings. The smallest absolute Gasteiger partial charge is 0.186 e. The van der Waals surface area contributed by atoms with E-state index in [1.165, 1.54) is 32.4 Å². The van der Waals surface area contributed by atoms with Gasteiger partial charge in [-0.3, -0.25) is 0 Å². The molecule has 1 heterocycles. The topological polar surface area (TPSA) is 82.1 Å². The maximum absolute atomic E-state index is 12.4. The molecule has 1 atom stereocenters. The third-order valence-corrected chi connectivity index (χ3v) is 5.41. The Morgan fingerprint density at radius 2 is 1.83 bits per heavy atom. The van der Waals surface area contributed by atoms with Gasteiger partial charge in [-0.2, -0.15) is 0 Å². The van der Waals surface area contributed by atoms with Crippen LogP contribution in [-0.2, 0) is 9.84 Å². The van der Waals surface area contributed by atoms with E-state index in [1.54, 1.807) is 18.2 Å². The highest BCUT2D eigenvalue weighted by Gasteiger charge is 2.33. The number of methoxy groups -OCH3 is 2. The Bertz CT molecular complexity index is 844. The lowest BCUT2D eigenvalue weighted by molar-refractivity contribution is 0.214. The average molecular weight is 336 g/mol. The molecule has 3 rings (SSSR count). The monoisotopic (exact) mass is 336 g/mol. The highest BCUT2D eigenvalue weighted by Crippen LogP contribution is 2.40. The summed E-state index contributed by atoms with van der Waals surface area (Å²) in [5, 5.41) is 9.48. The number of hydrogen-bond acceptors (Lipinski definition) is 6. The van der Waals surface area contributed by atoms with E-state index in [-0.39, 0.29) is 22.1 Å². The molecule has 122 valence electrons. The summed E-state index contributed by atoms with van der Waals surface area (Å²) in [7, 11) is -0.513. The Morgan fingerprint density at radius 3 is 2.52 bits per heavy atom. The van der Waals surface area contributed by atoms with E-state index in [9.17, 15) is 13.5 Å². The van der Waals surface area contributed by atoms with E-state index in [0.29, 0.717) is 17.1 Å².